The number of hydrogen-bond donors (Lipinski definition) is 1. The normalized spacial score (nSPS) is 21.9. The Morgan fingerprint density at radius 3 is 2.81 bits per heavy atom. The molecule has 3 heteroatoms. The zero-order valence-corrected chi connectivity index (χ0v) is 9.26. The number of ketones is 1. The molecule has 2 rings (SSSR count). The van der Waals surface area contributed by atoms with Crippen molar-refractivity contribution in [2.24, 2.45) is 11.7 Å². The van der Waals surface area contributed by atoms with Gasteiger partial charge in [0.15, 0.2) is 0 Å². The van der Waals surface area contributed by atoms with Crippen molar-refractivity contribution < 1.29 is 9.53 Å². The van der Waals surface area contributed by atoms with Gasteiger partial charge in [-0.15, -0.1) is 0 Å². The zero-order valence-electron chi connectivity index (χ0n) is 9.26. The maximum Gasteiger partial charge on any atom is 0.140 e. The van der Waals surface area contributed by atoms with E-state index >= 15 is 0 Å². The maximum absolute atomic E-state index is 11.9. The van der Waals surface area contributed by atoms with Crippen LogP contribution in [0, 0.1) is 5.92 Å². The van der Waals surface area contributed by atoms with Crippen LogP contribution in [-0.2, 0) is 9.53 Å². The van der Waals surface area contributed by atoms with Crippen molar-refractivity contribution in [2.75, 3.05) is 13.2 Å². The summed E-state index contributed by atoms with van der Waals surface area (Å²) >= 11 is 0. The van der Waals surface area contributed by atoms with Crippen molar-refractivity contribution >= 4 is 5.78 Å². The summed E-state index contributed by atoms with van der Waals surface area (Å²) in [5.41, 5.74) is 7.02. The number of Topliss-reactive ketones (excluding diaryl/α,β-unsaturated/α-hetero) is 1. The van der Waals surface area contributed by atoms with Gasteiger partial charge in [-0.2, -0.15) is 0 Å². The number of ether oxygens (including phenoxy) is 1. The molecule has 0 bridgehead atoms. The van der Waals surface area contributed by atoms with Crippen LogP contribution < -0.4 is 5.73 Å². The van der Waals surface area contributed by atoms with Gasteiger partial charge in [0.2, 0.25) is 0 Å². The molecular weight excluding hydrogens is 202 g/mol. The first-order valence-corrected chi connectivity index (χ1v) is 5.68. The van der Waals surface area contributed by atoms with Gasteiger partial charge in [0.05, 0.1) is 6.61 Å². The molecule has 0 aliphatic carbocycles. The van der Waals surface area contributed by atoms with Crippen LogP contribution in [0.15, 0.2) is 30.3 Å². The minimum absolute atomic E-state index is 0.0646. The monoisotopic (exact) mass is 219 g/mol. The molecule has 16 heavy (non-hydrogen) atoms. The van der Waals surface area contributed by atoms with E-state index in [-0.39, 0.29) is 17.7 Å². The van der Waals surface area contributed by atoms with Crippen LogP contribution in [-0.4, -0.2) is 19.0 Å². The fourth-order valence-corrected chi connectivity index (χ4v) is 1.99. The minimum atomic E-state index is -0.186. The molecule has 2 N–H and O–H groups in total. The highest BCUT2D eigenvalue weighted by Gasteiger charge is 2.24. The lowest BCUT2D eigenvalue weighted by molar-refractivity contribution is -0.123. The fraction of sp³-hybridized carbons (Fsp3) is 0.462. The topological polar surface area (TPSA) is 52.3 Å². The van der Waals surface area contributed by atoms with E-state index < -0.39 is 0 Å². The summed E-state index contributed by atoms with van der Waals surface area (Å²) in [7, 11) is 0. The van der Waals surface area contributed by atoms with E-state index in [2.05, 4.69) is 0 Å². The van der Waals surface area contributed by atoms with Crippen LogP contribution in [0.1, 0.15) is 24.4 Å². The lowest BCUT2D eigenvalue weighted by Gasteiger charge is -2.13. The molecule has 1 aliphatic heterocycles. The first-order valence-electron chi connectivity index (χ1n) is 5.68. The summed E-state index contributed by atoms with van der Waals surface area (Å²) in [4.78, 5) is 11.9. The lowest BCUT2D eigenvalue weighted by Crippen LogP contribution is -2.21. The Balaban J connectivity index is 1.92. The molecule has 1 aromatic carbocycles. The number of rotatable bonds is 4. The van der Waals surface area contributed by atoms with Crippen molar-refractivity contribution in [2.45, 2.75) is 18.9 Å². The van der Waals surface area contributed by atoms with Crippen LogP contribution >= 0.6 is 0 Å². The summed E-state index contributed by atoms with van der Waals surface area (Å²) in [6, 6.07) is 9.57. The predicted molar refractivity (Wildman–Crippen MR) is 61.9 cm³/mol. The second-order valence-electron chi connectivity index (χ2n) is 4.25. The maximum atomic E-state index is 11.9. The highest BCUT2D eigenvalue weighted by molar-refractivity contribution is 5.82. The summed E-state index contributed by atoms with van der Waals surface area (Å²) in [5.74, 6) is 0.295. The third-order valence-electron chi connectivity index (χ3n) is 3.03. The standard InChI is InChI=1S/C13H17NO2/c14-12(10-4-2-1-3-5-10)8-13(15)11-6-7-16-9-11/h1-5,11-12H,6-9,14H2. The Kier molecular flexibility index (Phi) is 3.70. The van der Waals surface area contributed by atoms with E-state index in [1.807, 2.05) is 30.3 Å². The molecule has 1 aromatic rings. The Morgan fingerprint density at radius 1 is 1.44 bits per heavy atom. The van der Waals surface area contributed by atoms with Crippen molar-refractivity contribution in [3.05, 3.63) is 35.9 Å². The van der Waals surface area contributed by atoms with Crippen LogP contribution in [0.4, 0.5) is 0 Å². The van der Waals surface area contributed by atoms with E-state index in [1.54, 1.807) is 0 Å². The van der Waals surface area contributed by atoms with Gasteiger partial charge in [0.1, 0.15) is 5.78 Å². The molecular formula is C13H17NO2. The Hall–Kier alpha value is -1.19. The predicted octanol–water partition coefficient (Wildman–Crippen LogP) is 1.68. The van der Waals surface area contributed by atoms with Gasteiger partial charge < -0.3 is 10.5 Å². The minimum Gasteiger partial charge on any atom is -0.381 e. The molecule has 3 nitrogen and oxygen atoms in total. The van der Waals surface area contributed by atoms with Crippen molar-refractivity contribution in [3.8, 4) is 0 Å². The van der Waals surface area contributed by atoms with Crippen molar-refractivity contribution in [1.29, 1.82) is 0 Å². The fourth-order valence-electron chi connectivity index (χ4n) is 1.99. The number of benzene rings is 1. The number of hydrogen-bond acceptors (Lipinski definition) is 3. The van der Waals surface area contributed by atoms with E-state index in [1.165, 1.54) is 0 Å². The molecule has 2 unspecified atom stereocenters. The molecule has 2 atom stereocenters. The van der Waals surface area contributed by atoms with Gasteiger partial charge in [-0.1, -0.05) is 30.3 Å². The average molecular weight is 219 g/mol. The summed E-state index contributed by atoms with van der Waals surface area (Å²) < 4.78 is 5.20. The first-order chi connectivity index (χ1) is 7.77. The van der Waals surface area contributed by atoms with Crippen LogP contribution in [0.25, 0.3) is 0 Å². The third-order valence-corrected chi connectivity index (χ3v) is 3.03. The quantitative estimate of drug-likeness (QED) is 0.838. The zero-order chi connectivity index (χ0) is 11.4. The Labute approximate surface area is 95.6 Å². The summed E-state index contributed by atoms with van der Waals surface area (Å²) in [6.45, 7) is 1.28. The van der Waals surface area contributed by atoms with Gasteiger partial charge in [-0.05, 0) is 12.0 Å². The van der Waals surface area contributed by atoms with Crippen molar-refractivity contribution in [3.63, 3.8) is 0 Å². The van der Waals surface area contributed by atoms with E-state index in [9.17, 15) is 4.79 Å². The molecule has 0 amide bonds. The smallest absolute Gasteiger partial charge is 0.140 e. The lowest BCUT2D eigenvalue weighted by atomic mass is 9.94. The second-order valence-corrected chi connectivity index (χ2v) is 4.25. The molecule has 1 aliphatic rings. The van der Waals surface area contributed by atoms with E-state index in [0.717, 1.165) is 12.0 Å². The highest BCUT2D eigenvalue weighted by Crippen LogP contribution is 2.20. The highest BCUT2D eigenvalue weighted by atomic mass is 16.5. The van der Waals surface area contributed by atoms with Gasteiger partial charge in [0, 0.05) is 25.0 Å². The van der Waals surface area contributed by atoms with Gasteiger partial charge in [-0.25, -0.2) is 0 Å². The van der Waals surface area contributed by atoms with E-state index in [4.69, 9.17) is 10.5 Å². The van der Waals surface area contributed by atoms with E-state index in [0.29, 0.717) is 19.6 Å². The third kappa shape index (κ3) is 2.68. The Bertz CT molecular complexity index is 344. The van der Waals surface area contributed by atoms with Crippen molar-refractivity contribution in [1.82, 2.24) is 0 Å². The largest absolute Gasteiger partial charge is 0.381 e. The van der Waals surface area contributed by atoms with Crippen LogP contribution in [0.2, 0.25) is 0 Å². The van der Waals surface area contributed by atoms with Gasteiger partial charge in [-0.3, -0.25) is 4.79 Å². The molecule has 0 radical (unpaired) electrons. The van der Waals surface area contributed by atoms with Crippen LogP contribution in [0.5, 0.6) is 0 Å². The van der Waals surface area contributed by atoms with Gasteiger partial charge >= 0.3 is 0 Å². The molecule has 1 heterocycles. The SMILES string of the molecule is NC(CC(=O)C1CCOC1)c1ccccc1. The molecule has 0 spiro atoms. The number of carbonyl (C=O) groups excluding carboxylic acids is 1. The van der Waals surface area contributed by atoms with Crippen LogP contribution in [0.3, 0.4) is 0 Å². The number of nitrogens with two attached hydrogens (primary N) is 1. The van der Waals surface area contributed by atoms with Gasteiger partial charge in [0.25, 0.3) is 0 Å². The first kappa shape index (κ1) is 11.3. The second kappa shape index (κ2) is 5.23. The number of carbonyl (C=O) groups is 1. The molecule has 1 saturated heterocycles. The molecule has 0 aromatic heterocycles. The summed E-state index contributed by atoms with van der Waals surface area (Å²) in [6.07, 6.45) is 1.26. The summed E-state index contributed by atoms with van der Waals surface area (Å²) in [5, 5.41) is 0. The molecule has 0 saturated carbocycles. The molecule has 86 valence electrons. The Morgan fingerprint density at radius 2 is 2.19 bits per heavy atom. The average Bonchev–Trinajstić information content (AvgIpc) is 2.83. The molecule has 1 fully saturated rings.